The second-order valence-electron chi connectivity index (χ2n) is 13.0. The van der Waals surface area contributed by atoms with Crippen molar-refractivity contribution in [3.05, 3.63) is 23.8 Å². The number of fused-ring (bicyclic) bond motifs is 1. The lowest BCUT2D eigenvalue weighted by Gasteiger charge is -2.60. The van der Waals surface area contributed by atoms with E-state index < -0.39 is 32.5 Å². The average Bonchev–Trinajstić information content (AvgIpc) is 3.07. The van der Waals surface area contributed by atoms with Gasteiger partial charge in [0.2, 0.25) is 0 Å². The van der Waals surface area contributed by atoms with Crippen LogP contribution in [0.2, 0.25) is 18.1 Å². The second kappa shape index (κ2) is 9.79. The zero-order chi connectivity index (χ0) is 26.4. The highest BCUT2D eigenvalue weighted by atomic mass is 28.4. The summed E-state index contributed by atoms with van der Waals surface area (Å²) in [5, 5.41) is 11.4. The van der Waals surface area contributed by atoms with Crippen molar-refractivity contribution in [2.75, 3.05) is 13.2 Å². The van der Waals surface area contributed by atoms with E-state index in [-0.39, 0.29) is 34.3 Å². The molecule has 3 rings (SSSR count). The third-order valence-electron chi connectivity index (χ3n) is 9.73. The molecule has 35 heavy (non-hydrogen) atoms. The van der Waals surface area contributed by atoms with E-state index in [1.54, 1.807) is 0 Å². The van der Waals surface area contributed by atoms with Crippen LogP contribution in [0, 0.1) is 22.7 Å². The van der Waals surface area contributed by atoms with Crippen molar-refractivity contribution in [1.82, 2.24) is 0 Å². The van der Waals surface area contributed by atoms with Crippen molar-refractivity contribution in [3.63, 3.8) is 0 Å². The molecule has 0 radical (unpaired) electrons. The van der Waals surface area contributed by atoms with Gasteiger partial charge in [-0.2, -0.15) is 0 Å². The molecule has 1 heterocycles. The Hall–Kier alpha value is -1.44. The van der Waals surface area contributed by atoms with Crippen molar-refractivity contribution in [1.29, 1.82) is 0 Å². The fraction of sp³-hybridized carbons (Fsp3) is 0.786. The summed E-state index contributed by atoms with van der Waals surface area (Å²) in [6.07, 6.45) is 5.00. The first-order valence-electron chi connectivity index (χ1n) is 13.1. The van der Waals surface area contributed by atoms with Crippen LogP contribution in [-0.2, 0) is 23.5 Å². The Labute approximate surface area is 212 Å². The number of hydrogen-bond acceptors (Lipinski definition) is 6. The standard InChI is InChI=1S/C28H46O6Si/c1-18-10-13-23-27(6,21(18)12-11-20-22(34-19(2)29)16-32-25(20)31)15-14-24(30)28(23,7)17-33-35(8,9)26(3,4)5/h11,21-24,30H,1,10,12-17H2,2-9H3/b20-11+/t21-,22+,23+,24-,27+,28+/m1/s1. The summed E-state index contributed by atoms with van der Waals surface area (Å²) in [6, 6.07) is 0. The number of hydrogen-bond donors (Lipinski definition) is 1. The molecule has 0 amide bonds. The van der Waals surface area contributed by atoms with E-state index in [2.05, 4.69) is 54.3 Å². The number of ether oxygens (including phenoxy) is 2. The second-order valence-corrected chi connectivity index (χ2v) is 17.8. The van der Waals surface area contributed by atoms with E-state index >= 15 is 0 Å². The quantitative estimate of drug-likeness (QED) is 0.220. The molecule has 3 fully saturated rings. The molecular formula is C28H46O6Si. The molecule has 0 spiro atoms. The minimum atomic E-state index is -1.97. The Balaban J connectivity index is 1.87. The van der Waals surface area contributed by atoms with Gasteiger partial charge >= 0.3 is 11.9 Å². The Kier molecular flexibility index (Phi) is 7.87. The molecule has 0 unspecified atom stereocenters. The summed E-state index contributed by atoms with van der Waals surface area (Å²) in [4.78, 5) is 23.8. The lowest BCUT2D eigenvalue weighted by atomic mass is 9.46. The summed E-state index contributed by atoms with van der Waals surface area (Å²) in [7, 11) is -1.97. The molecule has 1 saturated heterocycles. The number of carbonyl (C=O) groups is 2. The average molecular weight is 507 g/mol. The maximum Gasteiger partial charge on any atom is 0.337 e. The highest BCUT2D eigenvalue weighted by molar-refractivity contribution is 6.74. The van der Waals surface area contributed by atoms with Gasteiger partial charge in [0.25, 0.3) is 0 Å². The normalized spacial score (nSPS) is 37.2. The molecule has 3 aliphatic rings. The molecule has 0 bridgehead atoms. The van der Waals surface area contributed by atoms with Crippen molar-refractivity contribution in [2.24, 2.45) is 22.7 Å². The van der Waals surface area contributed by atoms with Crippen LogP contribution in [0.1, 0.15) is 73.6 Å². The van der Waals surface area contributed by atoms with Crippen LogP contribution in [0.3, 0.4) is 0 Å². The number of aliphatic hydroxyl groups is 1. The molecule has 0 aromatic heterocycles. The van der Waals surface area contributed by atoms with Crippen molar-refractivity contribution in [3.8, 4) is 0 Å². The third kappa shape index (κ3) is 5.32. The van der Waals surface area contributed by atoms with E-state index in [9.17, 15) is 14.7 Å². The Morgan fingerprint density at radius 2 is 1.94 bits per heavy atom. The smallest absolute Gasteiger partial charge is 0.337 e. The third-order valence-corrected chi connectivity index (χ3v) is 14.2. The Morgan fingerprint density at radius 3 is 2.54 bits per heavy atom. The van der Waals surface area contributed by atoms with Crippen LogP contribution in [0.15, 0.2) is 23.8 Å². The van der Waals surface area contributed by atoms with Crippen LogP contribution >= 0.6 is 0 Å². The number of allylic oxidation sites excluding steroid dienone is 2. The minimum Gasteiger partial charge on any atom is -0.458 e. The lowest BCUT2D eigenvalue weighted by molar-refractivity contribution is -0.148. The van der Waals surface area contributed by atoms with Gasteiger partial charge in [-0.05, 0) is 67.5 Å². The van der Waals surface area contributed by atoms with Gasteiger partial charge in [-0.3, -0.25) is 4.79 Å². The van der Waals surface area contributed by atoms with Gasteiger partial charge in [-0.1, -0.05) is 52.8 Å². The highest BCUT2D eigenvalue weighted by Crippen LogP contribution is 2.62. The zero-order valence-electron chi connectivity index (χ0n) is 23.0. The van der Waals surface area contributed by atoms with E-state index in [0.717, 1.165) is 25.7 Å². The fourth-order valence-corrected chi connectivity index (χ4v) is 7.49. The predicted octanol–water partition coefficient (Wildman–Crippen LogP) is 5.56. The summed E-state index contributed by atoms with van der Waals surface area (Å²) in [5.41, 5.74) is 1.20. The summed E-state index contributed by atoms with van der Waals surface area (Å²) in [5.74, 6) is -0.393. The molecule has 1 aliphatic heterocycles. The van der Waals surface area contributed by atoms with E-state index in [1.807, 2.05) is 6.08 Å². The first kappa shape index (κ1) is 28.1. The molecule has 0 aromatic carbocycles. The monoisotopic (exact) mass is 506 g/mol. The van der Waals surface area contributed by atoms with Crippen LogP contribution in [0.5, 0.6) is 0 Å². The highest BCUT2D eigenvalue weighted by Gasteiger charge is 2.58. The largest absolute Gasteiger partial charge is 0.458 e. The van der Waals surface area contributed by atoms with E-state index in [4.69, 9.17) is 13.9 Å². The number of esters is 2. The molecule has 1 N–H and O–H groups in total. The van der Waals surface area contributed by atoms with Crippen LogP contribution in [0.25, 0.3) is 0 Å². The van der Waals surface area contributed by atoms with Gasteiger partial charge in [-0.15, -0.1) is 0 Å². The molecule has 2 saturated carbocycles. The minimum absolute atomic E-state index is 0.0728. The molecule has 0 aromatic rings. The van der Waals surface area contributed by atoms with Gasteiger partial charge in [0.1, 0.15) is 6.61 Å². The maximum atomic E-state index is 12.3. The zero-order valence-corrected chi connectivity index (χ0v) is 24.0. The Morgan fingerprint density at radius 1 is 1.29 bits per heavy atom. The lowest BCUT2D eigenvalue weighted by Crippen LogP contribution is -2.59. The summed E-state index contributed by atoms with van der Waals surface area (Å²) < 4.78 is 17.2. The topological polar surface area (TPSA) is 82.1 Å². The van der Waals surface area contributed by atoms with Gasteiger partial charge in [0.15, 0.2) is 14.4 Å². The first-order chi connectivity index (χ1) is 16.0. The maximum absolute atomic E-state index is 12.3. The fourth-order valence-electron chi connectivity index (χ4n) is 6.38. The molecular weight excluding hydrogens is 460 g/mol. The van der Waals surface area contributed by atoms with Crippen molar-refractivity contribution >= 4 is 20.3 Å². The van der Waals surface area contributed by atoms with Crippen LogP contribution < -0.4 is 0 Å². The summed E-state index contributed by atoms with van der Waals surface area (Å²) >= 11 is 0. The van der Waals surface area contributed by atoms with Crippen LogP contribution in [-0.4, -0.2) is 50.8 Å². The number of aliphatic hydroxyl groups excluding tert-OH is 1. The van der Waals surface area contributed by atoms with Gasteiger partial charge in [0.05, 0.1) is 11.7 Å². The summed E-state index contributed by atoms with van der Waals surface area (Å²) in [6.45, 7) is 22.2. The molecule has 7 heteroatoms. The van der Waals surface area contributed by atoms with Crippen LogP contribution in [0.4, 0.5) is 0 Å². The molecule has 198 valence electrons. The number of cyclic esters (lactones) is 1. The van der Waals surface area contributed by atoms with Crippen molar-refractivity contribution < 1.29 is 28.6 Å². The van der Waals surface area contributed by atoms with E-state index in [0.29, 0.717) is 18.6 Å². The van der Waals surface area contributed by atoms with Gasteiger partial charge in [0, 0.05) is 18.9 Å². The van der Waals surface area contributed by atoms with Crippen molar-refractivity contribution in [2.45, 2.75) is 104 Å². The number of carbonyl (C=O) groups excluding carboxylic acids is 2. The first-order valence-corrected chi connectivity index (χ1v) is 16.0. The molecule has 6 atom stereocenters. The van der Waals surface area contributed by atoms with Gasteiger partial charge in [-0.25, -0.2) is 4.79 Å². The number of rotatable bonds is 6. The molecule has 6 nitrogen and oxygen atoms in total. The SMILES string of the molecule is C=C1CC[C@@H]2[C@](C)(CO[Si](C)(C)C(C)(C)C)[C@H](O)CC[C@@]2(C)[C@@H]1C/C=C1/C(=O)OC[C@@H]1OC(C)=O. The molecule has 2 aliphatic carbocycles. The van der Waals surface area contributed by atoms with E-state index in [1.165, 1.54) is 12.5 Å². The Bertz CT molecular complexity index is 886. The van der Waals surface area contributed by atoms with Gasteiger partial charge < -0.3 is 19.0 Å². The predicted molar refractivity (Wildman–Crippen MR) is 139 cm³/mol.